The number of piperidine rings is 1. The lowest BCUT2D eigenvalue weighted by Crippen LogP contribution is -2.41. The van der Waals surface area contributed by atoms with E-state index in [1.807, 2.05) is 30.9 Å². The van der Waals surface area contributed by atoms with E-state index in [0.29, 0.717) is 18.5 Å². The standard InChI is InChI=1S/C18H27N5O/c1-13-6-7-17(24)15(21-13)12-19-11-14-5-4-10-22(2)18(14)16-8-9-20-23(16)3/h6-9,14,18-19,24H,4-5,10-12H2,1-3H3/t14-,18+/m0/s1. The summed E-state index contributed by atoms with van der Waals surface area (Å²) in [6, 6.07) is 6.03. The third-order valence-electron chi connectivity index (χ3n) is 4.96. The number of hydrogen-bond donors (Lipinski definition) is 2. The van der Waals surface area contributed by atoms with E-state index in [2.05, 4.69) is 33.4 Å². The zero-order chi connectivity index (χ0) is 17.1. The number of likely N-dealkylation sites (tertiary alicyclic amines) is 1. The summed E-state index contributed by atoms with van der Waals surface area (Å²) in [6.45, 7) is 4.55. The molecule has 6 nitrogen and oxygen atoms in total. The number of nitrogens with zero attached hydrogens (tertiary/aromatic N) is 4. The van der Waals surface area contributed by atoms with E-state index in [0.717, 1.165) is 24.5 Å². The number of aromatic hydroxyl groups is 1. The molecule has 2 aromatic rings. The SMILES string of the molecule is Cc1ccc(O)c(CNC[C@@H]2CCCN(C)[C@H]2c2ccnn2C)n1. The predicted octanol–water partition coefficient (Wildman–Crippen LogP) is 2.00. The number of pyridine rings is 1. The Bertz CT molecular complexity index is 684. The molecule has 0 amide bonds. The molecule has 6 heteroatoms. The minimum absolute atomic E-state index is 0.261. The van der Waals surface area contributed by atoms with Gasteiger partial charge in [-0.1, -0.05) is 0 Å². The van der Waals surface area contributed by atoms with E-state index in [9.17, 15) is 5.11 Å². The number of hydrogen-bond acceptors (Lipinski definition) is 5. The Labute approximate surface area is 143 Å². The van der Waals surface area contributed by atoms with Gasteiger partial charge in [0.15, 0.2) is 0 Å². The van der Waals surface area contributed by atoms with Crippen LogP contribution in [0, 0.1) is 12.8 Å². The van der Waals surface area contributed by atoms with E-state index < -0.39 is 0 Å². The molecule has 1 fully saturated rings. The molecular formula is C18H27N5O. The molecule has 2 N–H and O–H groups in total. The molecule has 0 aliphatic carbocycles. The zero-order valence-electron chi connectivity index (χ0n) is 14.7. The first kappa shape index (κ1) is 16.9. The van der Waals surface area contributed by atoms with Crippen molar-refractivity contribution in [2.75, 3.05) is 20.1 Å². The Morgan fingerprint density at radius 2 is 2.12 bits per heavy atom. The minimum atomic E-state index is 0.261. The van der Waals surface area contributed by atoms with Crippen molar-refractivity contribution in [1.82, 2.24) is 25.0 Å². The number of rotatable bonds is 5. The van der Waals surface area contributed by atoms with Gasteiger partial charge >= 0.3 is 0 Å². The quantitative estimate of drug-likeness (QED) is 0.878. The zero-order valence-corrected chi connectivity index (χ0v) is 14.7. The summed E-state index contributed by atoms with van der Waals surface area (Å²) in [5.41, 5.74) is 2.91. The first-order valence-corrected chi connectivity index (χ1v) is 8.60. The van der Waals surface area contributed by atoms with Crippen LogP contribution in [0.15, 0.2) is 24.4 Å². The molecule has 130 valence electrons. The number of nitrogens with one attached hydrogen (secondary N) is 1. The third-order valence-corrected chi connectivity index (χ3v) is 4.96. The van der Waals surface area contributed by atoms with Gasteiger partial charge in [-0.25, -0.2) is 0 Å². The Morgan fingerprint density at radius 3 is 2.88 bits per heavy atom. The summed E-state index contributed by atoms with van der Waals surface area (Å²) in [5.74, 6) is 0.781. The smallest absolute Gasteiger partial charge is 0.138 e. The molecule has 1 saturated heterocycles. The fraction of sp³-hybridized carbons (Fsp3) is 0.556. The van der Waals surface area contributed by atoms with Crippen molar-refractivity contribution in [3.63, 3.8) is 0 Å². The van der Waals surface area contributed by atoms with Crippen molar-refractivity contribution in [3.05, 3.63) is 41.5 Å². The first-order valence-electron chi connectivity index (χ1n) is 8.60. The maximum atomic E-state index is 9.93. The average molecular weight is 329 g/mol. The minimum Gasteiger partial charge on any atom is -0.506 e. The first-order chi connectivity index (χ1) is 11.6. The second-order valence-corrected chi connectivity index (χ2v) is 6.76. The van der Waals surface area contributed by atoms with Gasteiger partial charge in [0.25, 0.3) is 0 Å². The molecule has 1 aliphatic heterocycles. The lowest BCUT2D eigenvalue weighted by atomic mass is 9.87. The molecule has 2 atom stereocenters. The van der Waals surface area contributed by atoms with Crippen molar-refractivity contribution in [1.29, 1.82) is 0 Å². The normalized spacial score (nSPS) is 22.0. The maximum absolute atomic E-state index is 9.93. The van der Waals surface area contributed by atoms with Gasteiger partial charge in [-0.2, -0.15) is 5.10 Å². The van der Waals surface area contributed by atoms with Crippen LogP contribution >= 0.6 is 0 Å². The molecule has 0 unspecified atom stereocenters. The van der Waals surface area contributed by atoms with E-state index in [-0.39, 0.29) is 5.75 Å². The van der Waals surface area contributed by atoms with Gasteiger partial charge in [0, 0.05) is 32.0 Å². The topological polar surface area (TPSA) is 66.2 Å². The van der Waals surface area contributed by atoms with Crippen LogP contribution in [0.3, 0.4) is 0 Å². The van der Waals surface area contributed by atoms with E-state index in [4.69, 9.17) is 0 Å². The largest absolute Gasteiger partial charge is 0.506 e. The van der Waals surface area contributed by atoms with Crippen LogP contribution in [-0.2, 0) is 13.6 Å². The molecule has 0 spiro atoms. The fourth-order valence-electron chi connectivity index (χ4n) is 3.72. The fourth-order valence-corrected chi connectivity index (χ4v) is 3.72. The lowest BCUT2D eigenvalue weighted by molar-refractivity contribution is 0.112. The highest BCUT2D eigenvalue weighted by Gasteiger charge is 2.32. The van der Waals surface area contributed by atoms with Gasteiger partial charge < -0.3 is 10.4 Å². The van der Waals surface area contributed by atoms with Gasteiger partial charge in [0.05, 0.1) is 17.4 Å². The second-order valence-electron chi connectivity index (χ2n) is 6.76. The van der Waals surface area contributed by atoms with Crippen LogP contribution in [0.2, 0.25) is 0 Å². The number of aryl methyl sites for hydroxylation is 2. The number of aromatic nitrogens is 3. The summed E-state index contributed by atoms with van der Waals surface area (Å²) in [6.07, 6.45) is 4.28. The van der Waals surface area contributed by atoms with E-state index in [1.54, 1.807) is 6.07 Å². The molecule has 0 bridgehead atoms. The summed E-state index contributed by atoms with van der Waals surface area (Å²) < 4.78 is 1.98. The molecule has 3 heterocycles. The van der Waals surface area contributed by atoms with Crippen molar-refractivity contribution in [3.8, 4) is 5.75 Å². The van der Waals surface area contributed by atoms with Gasteiger partial charge in [-0.3, -0.25) is 14.6 Å². The summed E-state index contributed by atoms with van der Waals surface area (Å²) in [5, 5.41) is 17.8. The third kappa shape index (κ3) is 3.60. The molecule has 1 aliphatic rings. The Kier molecular flexibility index (Phi) is 5.16. The summed E-state index contributed by atoms with van der Waals surface area (Å²) in [4.78, 5) is 6.84. The molecule has 0 saturated carbocycles. The van der Waals surface area contributed by atoms with Crippen LogP contribution < -0.4 is 5.32 Å². The van der Waals surface area contributed by atoms with Crippen molar-refractivity contribution >= 4 is 0 Å². The van der Waals surface area contributed by atoms with Gasteiger partial charge in [0.1, 0.15) is 5.75 Å². The highest BCUT2D eigenvalue weighted by atomic mass is 16.3. The Balaban J connectivity index is 1.66. The highest BCUT2D eigenvalue weighted by Crippen LogP contribution is 2.34. The molecule has 0 aromatic carbocycles. The van der Waals surface area contributed by atoms with Crippen LogP contribution in [-0.4, -0.2) is 44.9 Å². The van der Waals surface area contributed by atoms with E-state index in [1.165, 1.54) is 18.5 Å². The second kappa shape index (κ2) is 7.32. The van der Waals surface area contributed by atoms with Gasteiger partial charge in [-0.05, 0) is 57.5 Å². The summed E-state index contributed by atoms with van der Waals surface area (Å²) in [7, 11) is 4.20. The predicted molar refractivity (Wildman–Crippen MR) is 93.6 cm³/mol. The Morgan fingerprint density at radius 1 is 1.29 bits per heavy atom. The van der Waals surface area contributed by atoms with Crippen LogP contribution in [0.1, 0.15) is 36.0 Å². The maximum Gasteiger partial charge on any atom is 0.138 e. The molecule has 3 rings (SSSR count). The molecular weight excluding hydrogens is 302 g/mol. The van der Waals surface area contributed by atoms with Crippen molar-refractivity contribution < 1.29 is 5.11 Å². The summed E-state index contributed by atoms with van der Waals surface area (Å²) >= 11 is 0. The van der Waals surface area contributed by atoms with Gasteiger partial charge in [0.2, 0.25) is 0 Å². The van der Waals surface area contributed by atoms with Crippen LogP contribution in [0.5, 0.6) is 5.75 Å². The molecule has 0 radical (unpaired) electrons. The van der Waals surface area contributed by atoms with Crippen LogP contribution in [0.4, 0.5) is 0 Å². The highest BCUT2D eigenvalue weighted by molar-refractivity contribution is 5.27. The molecule has 24 heavy (non-hydrogen) atoms. The average Bonchev–Trinajstić information content (AvgIpc) is 2.97. The van der Waals surface area contributed by atoms with Crippen molar-refractivity contribution in [2.24, 2.45) is 13.0 Å². The van der Waals surface area contributed by atoms with E-state index >= 15 is 0 Å². The monoisotopic (exact) mass is 329 g/mol. The molecule has 2 aromatic heterocycles. The van der Waals surface area contributed by atoms with Crippen LogP contribution in [0.25, 0.3) is 0 Å². The van der Waals surface area contributed by atoms with Gasteiger partial charge in [-0.15, -0.1) is 0 Å². The van der Waals surface area contributed by atoms with Crippen molar-refractivity contribution in [2.45, 2.75) is 32.4 Å². The lowest BCUT2D eigenvalue weighted by Gasteiger charge is -2.39. The Hall–Kier alpha value is -1.92.